The van der Waals surface area contributed by atoms with Gasteiger partial charge in [0.2, 0.25) is 5.95 Å². The van der Waals surface area contributed by atoms with E-state index in [9.17, 15) is 13.6 Å². The first-order valence-corrected chi connectivity index (χ1v) is 12.8. The second-order valence-electron chi connectivity index (χ2n) is 10.0. The highest BCUT2D eigenvalue weighted by Crippen LogP contribution is 2.39. The number of aromatic nitrogens is 5. The van der Waals surface area contributed by atoms with E-state index in [4.69, 9.17) is 10.5 Å². The number of imidazole rings is 1. The number of anilines is 2. The van der Waals surface area contributed by atoms with Crippen molar-refractivity contribution in [2.24, 2.45) is 0 Å². The number of halogens is 2. The lowest BCUT2D eigenvalue weighted by Crippen LogP contribution is -2.26. The molecule has 1 amide bonds. The smallest absolute Gasteiger partial charge is 0.271 e. The summed E-state index contributed by atoms with van der Waals surface area (Å²) in [5.74, 6) is -0.516. The van der Waals surface area contributed by atoms with Gasteiger partial charge < -0.3 is 25.3 Å². The summed E-state index contributed by atoms with van der Waals surface area (Å²) in [6, 6.07) is 5.56. The van der Waals surface area contributed by atoms with E-state index in [1.54, 1.807) is 31.9 Å². The van der Waals surface area contributed by atoms with Crippen molar-refractivity contribution in [3.63, 3.8) is 0 Å². The SMILES string of the molecule is COc1c(CNC(=O)c2cn(Cc3cnc(N4CCC(F)(F)C4)nc3)c(C3CC3)n2)ccc2c(N)nccc12. The Morgan fingerprint density at radius 3 is 2.67 bits per heavy atom. The Kier molecular flexibility index (Phi) is 6.24. The number of ether oxygens (including phenoxy) is 1. The fraction of sp³-hybridized carbons (Fsp3) is 0.370. The van der Waals surface area contributed by atoms with Crippen LogP contribution in [0.25, 0.3) is 10.8 Å². The van der Waals surface area contributed by atoms with Crippen molar-refractivity contribution in [3.05, 3.63) is 65.6 Å². The monoisotopic (exact) mass is 534 g/mol. The second kappa shape index (κ2) is 9.75. The summed E-state index contributed by atoms with van der Waals surface area (Å²) < 4.78 is 34.7. The number of hydrogen-bond acceptors (Lipinski definition) is 8. The molecule has 39 heavy (non-hydrogen) atoms. The first kappa shape index (κ1) is 25.0. The summed E-state index contributed by atoms with van der Waals surface area (Å²) in [5.41, 5.74) is 7.91. The van der Waals surface area contributed by atoms with Crippen LogP contribution in [0.5, 0.6) is 5.75 Å². The van der Waals surface area contributed by atoms with Gasteiger partial charge in [-0.15, -0.1) is 0 Å². The molecule has 1 aromatic carbocycles. The Morgan fingerprint density at radius 2 is 1.97 bits per heavy atom. The number of nitrogens with one attached hydrogen (secondary N) is 1. The minimum atomic E-state index is -2.71. The van der Waals surface area contributed by atoms with Gasteiger partial charge in [-0.25, -0.2) is 28.7 Å². The van der Waals surface area contributed by atoms with Crippen LogP contribution >= 0.6 is 0 Å². The molecule has 12 heteroatoms. The van der Waals surface area contributed by atoms with Crippen LogP contribution in [-0.4, -0.2) is 56.5 Å². The highest BCUT2D eigenvalue weighted by atomic mass is 19.3. The standard InChI is InChI=1S/C27H28F2N8O2/c1-39-22-18(4-5-20-19(22)6-8-31-23(20)30)12-32-25(38)21-14-37(24(35-21)17-2-3-17)13-16-10-33-26(34-11-16)36-9-7-27(28,29)15-36/h4-6,8,10-11,14,17H,2-3,7,9,12-13,15H2,1H3,(H2,30,31)(H,32,38). The zero-order valence-electron chi connectivity index (χ0n) is 21.4. The Hall–Kier alpha value is -4.35. The number of benzene rings is 1. The minimum Gasteiger partial charge on any atom is -0.496 e. The molecule has 1 aliphatic heterocycles. The summed E-state index contributed by atoms with van der Waals surface area (Å²) in [6.45, 7) is 0.538. The zero-order valence-corrected chi connectivity index (χ0v) is 21.4. The summed E-state index contributed by atoms with van der Waals surface area (Å²) >= 11 is 0. The number of methoxy groups -OCH3 is 1. The van der Waals surface area contributed by atoms with Crippen molar-refractivity contribution in [1.29, 1.82) is 0 Å². The van der Waals surface area contributed by atoms with Crippen molar-refractivity contribution < 1.29 is 18.3 Å². The molecule has 1 saturated carbocycles. The highest BCUT2D eigenvalue weighted by Gasteiger charge is 2.39. The van der Waals surface area contributed by atoms with Crippen LogP contribution in [-0.2, 0) is 13.1 Å². The molecule has 2 fully saturated rings. The molecule has 2 aliphatic rings. The van der Waals surface area contributed by atoms with Gasteiger partial charge in [-0.2, -0.15) is 0 Å². The second-order valence-corrected chi connectivity index (χ2v) is 10.0. The molecule has 0 spiro atoms. The lowest BCUT2D eigenvalue weighted by Gasteiger charge is -2.16. The molecule has 1 saturated heterocycles. The van der Waals surface area contributed by atoms with E-state index in [0.717, 1.165) is 40.6 Å². The van der Waals surface area contributed by atoms with Crippen LogP contribution in [0.3, 0.4) is 0 Å². The highest BCUT2D eigenvalue weighted by molar-refractivity contribution is 5.96. The van der Waals surface area contributed by atoms with Crippen molar-refractivity contribution in [2.45, 2.75) is 44.2 Å². The number of fused-ring (bicyclic) bond motifs is 1. The van der Waals surface area contributed by atoms with Crippen molar-refractivity contribution in [2.75, 3.05) is 30.8 Å². The van der Waals surface area contributed by atoms with E-state index in [1.165, 1.54) is 4.90 Å². The predicted molar refractivity (Wildman–Crippen MR) is 141 cm³/mol. The van der Waals surface area contributed by atoms with E-state index in [0.29, 0.717) is 35.7 Å². The summed E-state index contributed by atoms with van der Waals surface area (Å²) in [5, 5.41) is 4.55. The third kappa shape index (κ3) is 5.06. The van der Waals surface area contributed by atoms with Gasteiger partial charge >= 0.3 is 0 Å². The Morgan fingerprint density at radius 1 is 1.18 bits per heavy atom. The molecule has 0 unspecified atom stereocenters. The number of nitrogens with two attached hydrogens (primary N) is 1. The third-order valence-electron chi connectivity index (χ3n) is 7.13. The maximum Gasteiger partial charge on any atom is 0.271 e. The number of nitrogen functional groups attached to an aromatic ring is 1. The average molecular weight is 535 g/mol. The van der Waals surface area contributed by atoms with Gasteiger partial charge in [0, 0.05) is 72.1 Å². The molecule has 1 aliphatic carbocycles. The largest absolute Gasteiger partial charge is 0.496 e. The Labute approximate surface area is 223 Å². The maximum atomic E-state index is 13.6. The quantitative estimate of drug-likeness (QED) is 0.352. The number of amides is 1. The number of rotatable bonds is 8. The normalized spacial score (nSPS) is 16.5. The molecule has 0 atom stereocenters. The molecular weight excluding hydrogens is 506 g/mol. The Bertz CT molecular complexity index is 1540. The van der Waals surface area contributed by atoms with Crippen LogP contribution in [0.15, 0.2) is 43.0 Å². The zero-order chi connectivity index (χ0) is 27.1. The molecule has 3 N–H and O–H groups in total. The molecular formula is C27H28F2N8O2. The number of carbonyl (C=O) groups is 1. The van der Waals surface area contributed by atoms with Gasteiger partial charge in [0.15, 0.2) is 0 Å². The van der Waals surface area contributed by atoms with Gasteiger partial charge in [-0.1, -0.05) is 12.1 Å². The molecule has 3 aromatic heterocycles. The van der Waals surface area contributed by atoms with E-state index in [-0.39, 0.29) is 32.0 Å². The summed E-state index contributed by atoms with van der Waals surface area (Å²) in [7, 11) is 1.58. The fourth-order valence-corrected chi connectivity index (χ4v) is 4.97. The number of pyridine rings is 1. The maximum absolute atomic E-state index is 13.6. The summed E-state index contributed by atoms with van der Waals surface area (Å²) in [6.07, 6.45) is 8.49. The van der Waals surface area contributed by atoms with Gasteiger partial charge in [-0.05, 0) is 18.9 Å². The van der Waals surface area contributed by atoms with E-state index in [2.05, 4.69) is 25.3 Å². The Balaban J connectivity index is 1.16. The van der Waals surface area contributed by atoms with Crippen LogP contribution in [0.1, 0.15) is 52.6 Å². The number of alkyl halides is 2. The van der Waals surface area contributed by atoms with E-state index < -0.39 is 5.92 Å². The van der Waals surface area contributed by atoms with Crippen LogP contribution < -0.4 is 20.7 Å². The molecule has 0 bridgehead atoms. The van der Waals surface area contributed by atoms with E-state index in [1.807, 2.05) is 22.8 Å². The van der Waals surface area contributed by atoms with Crippen molar-refractivity contribution in [1.82, 2.24) is 29.8 Å². The molecule has 4 aromatic rings. The van der Waals surface area contributed by atoms with Crippen LogP contribution in [0.4, 0.5) is 20.5 Å². The fourth-order valence-electron chi connectivity index (χ4n) is 4.97. The van der Waals surface area contributed by atoms with Crippen molar-refractivity contribution in [3.8, 4) is 5.75 Å². The number of nitrogens with zero attached hydrogens (tertiary/aromatic N) is 6. The van der Waals surface area contributed by atoms with Crippen LogP contribution in [0.2, 0.25) is 0 Å². The third-order valence-corrected chi connectivity index (χ3v) is 7.13. The average Bonchev–Trinajstić information content (AvgIpc) is 3.59. The molecule has 0 radical (unpaired) electrons. The van der Waals surface area contributed by atoms with Gasteiger partial charge in [-0.3, -0.25) is 4.79 Å². The van der Waals surface area contributed by atoms with Gasteiger partial charge in [0.05, 0.1) is 20.2 Å². The van der Waals surface area contributed by atoms with Gasteiger partial charge in [0.1, 0.15) is 23.1 Å². The summed E-state index contributed by atoms with van der Waals surface area (Å²) in [4.78, 5) is 32.0. The molecule has 202 valence electrons. The lowest BCUT2D eigenvalue weighted by molar-refractivity contribution is 0.0256. The molecule has 10 nitrogen and oxygen atoms in total. The predicted octanol–water partition coefficient (Wildman–Crippen LogP) is 3.51. The first-order chi connectivity index (χ1) is 18.8. The minimum absolute atomic E-state index is 0.192. The first-order valence-electron chi connectivity index (χ1n) is 12.8. The topological polar surface area (TPSA) is 124 Å². The molecule has 4 heterocycles. The van der Waals surface area contributed by atoms with Crippen LogP contribution in [0, 0.1) is 0 Å². The lowest BCUT2D eigenvalue weighted by atomic mass is 10.1. The van der Waals surface area contributed by atoms with E-state index >= 15 is 0 Å². The number of carbonyl (C=O) groups excluding carboxylic acids is 1. The van der Waals surface area contributed by atoms with Gasteiger partial charge in [0.25, 0.3) is 11.8 Å². The number of hydrogen-bond donors (Lipinski definition) is 2. The van der Waals surface area contributed by atoms with Crippen molar-refractivity contribution >= 4 is 28.4 Å². The molecule has 6 rings (SSSR count).